The third-order valence-corrected chi connectivity index (χ3v) is 2.85. The van der Waals surface area contributed by atoms with E-state index in [1.54, 1.807) is 23.2 Å². The Morgan fingerprint density at radius 2 is 2.11 bits per heavy atom. The summed E-state index contributed by atoms with van der Waals surface area (Å²) in [5, 5.41) is 3.19. The minimum absolute atomic E-state index is 0.0628. The van der Waals surface area contributed by atoms with Gasteiger partial charge in [-0.15, -0.1) is 6.42 Å². The molecule has 0 aromatic carbocycles. The molecular formula is C15H21N3O. The Morgan fingerprint density at radius 1 is 1.47 bits per heavy atom. The van der Waals surface area contributed by atoms with Crippen LogP contribution in [0.1, 0.15) is 38.2 Å². The summed E-state index contributed by atoms with van der Waals surface area (Å²) in [5.74, 6) is 2.59. The van der Waals surface area contributed by atoms with Crippen LogP contribution in [0.5, 0.6) is 0 Å². The van der Waals surface area contributed by atoms with Gasteiger partial charge in [0.25, 0.3) is 5.91 Å². The van der Waals surface area contributed by atoms with Crippen molar-refractivity contribution in [2.75, 3.05) is 18.4 Å². The fourth-order valence-corrected chi connectivity index (χ4v) is 1.69. The van der Waals surface area contributed by atoms with Gasteiger partial charge in [0.1, 0.15) is 5.69 Å². The van der Waals surface area contributed by atoms with E-state index in [1.807, 2.05) is 27.7 Å². The van der Waals surface area contributed by atoms with Crippen LogP contribution >= 0.6 is 0 Å². The number of pyridine rings is 1. The van der Waals surface area contributed by atoms with Crippen LogP contribution in [0.4, 0.5) is 5.69 Å². The molecule has 1 aromatic rings. The van der Waals surface area contributed by atoms with Crippen LogP contribution in [0, 0.1) is 12.3 Å². The number of rotatable bonds is 5. The molecule has 4 heteroatoms. The van der Waals surface area contributed by atoms with Crippen LogP contribution in [-0.2, 0) is 0 Å². The van der Waals surface area contributed by atoms with Crippen molar-refractivity contribution >= 4 is 11.6 Å². The molecule has 1 rings (SSSR count). The van der Waals surface area contributed by atoms with Crippen LogP contribution < -0.4 is 5.32 Å². The van der Waals surface area contributed by atoms with Crippen molar-refractivity contribution in [2.45, 2.75) is 33.2 Å². The highest BCUT2D eigenvalue weighted by molar-refractivity contribution is 5.93. The summed E-state index contributed by atoms with van der Waals surface area (Å²) >= 11 is 0. The molecule has 0 saturated carbocycles. The third-order valence-electron chi connectivity index (χ3n) is 2.85. The quantitative estimate of drug-likeness (QED) is 0.826. The number of terminal acetylenes is 1. The van der Waals surface area contributed by atoms with Gasteiger partial charge in [0.2, 0.25) is 0 Å². The maximum Gasteiger partial charge on any atom is 0.272 e. The number of carbonyl (C=O) groups is 1. The highest BCUT2D eigenvalue weighted by Crippen LogP contribution is 2.15. The van der Waals surface area contributed by atoms with Crippen LogP contribution in [0.2, 0.25) is 0 Å². The largest absolute Gasteiger partial charge is 0.369 e. The Balaban J connectivity index is 2.95. The predicted molar refractivity (Wildman–Crippen MR) is 78.0 cm³/mol. The highest BCUT2D eigenvalue weighted by atomic mass is 16.2. The summed E-state index contributed by atoms with van der Waals surface area (Å²) in [6.07, 6.45) is 7.06. The maximum atomic E-state index is 12.2. The van der Waals surface area contributed by atoms with Gasteiger partial charge in [0.15, 0.2) is 0 Å². The van der Waals surface area contributed by atoms with Crippen molar-refractivity contribution in [3.63, 3.8) is 0 Å². The smallest absolute Gasteiger partial charge is 0.272 e. The molecule has 0 aliphatic rings. The number of nitrogens with one attached hydrogen (secondary N) is 1. The number of amides is 1. The van der Waals surface area contributed by atoms with Crippen molar-refractivity contribution in [3.05, 3.63) is 24.0 Å². The zero-order valence-corrected chi connectivity index (χ0v) is 12.0. The molecule has 0 spiro atoms. The monoisotopic (exact) mass is 259 g/mol. The molecule has 0 bridgehead atoms. The second kappa shape index (κ2) is 6.24. The van der Waals surface area contributed by atoms with Gasteiger partial charge in [-0.25, -0.2) is 0 Å². The Morgan fingerprint density at radius 3 is 2.63 bits per heavy atom. The summed E-state index contributed by atoms with van der Waals surface area (Å²) in [6, 6.07) is 3.54. The molecule has 1 heterocycles. The second-order valence-electron chi connectivity index (χ2n) is 4.80. The Bertz CT molecular complexity index is 484. The van der Waals surface area contributed by atoms with Crippen molar-refractivity contribution in [2.24, 2.45) is 0 Å². The van der Waals surface area contributed by atoms with E-state index < -0.39 is 5.54 Å². The van der Waals surface area contributed by atoms with Crippen molar-refractivity contribution in [1.29, 1.82) is 0 Å². The zero-order valence-electron chi connectivity index (χ0n) is 12.0. The van der Waals surface area contributed by atoms with E-state index in [-0.39, 0.29) is 5.91 Å². The first kappa shape index (κ1) is 15.0. The average Bonchev–Trinajstić information content (AvgIpc) is 2.40. The number of nitrogens with zero attached hydrogens (tertiary/aromatic N) is 2. The second-order valence-corrected chi connectivity index (χ2v) is 4.80. The van der Waals surface area contributed by atoms with Gasteiger partial charge in [-0.1, -0.05) is 5.92 Å². The van der Waals surface area contributed by atoms with Crippen LogP contribution in [0.3, 0.4) is 0 Å². The lowest BCUT2D eigenvalue weighted by Gasteiger charge is -2.22. The minimum Gasteiger partial charge on any atom is -0.369 e. The van der Waals surface area contributed by atoms with Crippen molar-refractivity contribution in [3.8, 4) is 12.3 Å². The van der Waals surface area contributed by atoms with Gasteiger partial charge in [0.05, 0.1) is 5.54 Å². The fraction of sp³-hybridized carbons (Fsp3) is 0.467. The van der Waals surface area contributed by atoms with Gasteiger partial charge < -0.3 is 10.2 Å². The van der Waals surface area contributed by atoms with Crippen molar-refractivity contribution in [1.82, 2.24) is 9.88 Å². The van der Waals surface area contributed by atoms with E-state index >= 15 is 0 Å². The van der Waals surface area contributed by atoms with E-state index in [9.17, 15) is 4.79 Å². The molecule has 1 amide bonds. The lowest BCUT2D eigenvalue weighted by Crippen LogP contribution is -2.32. The lowest BCUT2D eigenvalue weighted by atomic mass is 10.1. The minimum atomic E-state index is -0.461. The number of aromatic nitrogens is 1. The molecular weight excluding hydrogens is 238 g/mol. The first-order chi connectivity index (χ1) is 8.93. The Kier molecular flexibility index (Phi) is 4.94. The zero-order chi connectivity index (χ0) is 14.5. The van der Waals surface area contributed by atoms with E-state index in [1.165, 1.54) is 0 Å². The first-order valence-electron chi connectivity index (χ1n) is 6.44. The number of hydrogen-bond acceptors (Lipinski definition) is 3. The van der Waals surface area contributed by atoms with Crippen LogP contribution in [-0.4, -0.2) is 34.4 Å². The van der Waals surface area contributed by atoms with Gasteiger partial charge in [-0.2, -0.15) is 0 Å². The van der Waals surface area contributed by atoms with Crippen LogP contribution in [0.15, 0.2) is 18.3 Å². The predicted octanol–water partition coefficient (Wildman–Crippen LogP) is 2.39. The first-order valence-corrected chi connectivity index (χ1v) is 6.44. The number of carbonyl (C=O) groups excluding carboxylic acids is 1. The number of anilines is 1. The summed E-state index contributed by atoms with van der Waals surface area (Å²) in [4.78, 5) is 18.1. The standard InChI is InChI=1S/C15H21N3O/c1-6-15(4,5)17-12-9-10-16-13(11-12)14(19)18(7-2)8-3/h1,9-11H,7-8H2,2-5H3,(H,16,17). The van der Waals surface area contributed by atoms with E-state index in [0.717, 1.165) is 5.69 Å². The molecule has 0 fully saturated rings. The summed E-state index contributed by atoms with van der Waals surface area (Å²) in [7, 11) is 0. The van der Waals surface area contributed by atoms with Gasteiger partial charge in [-0.3, -0.25) is 9.78 Å². The molecule has 0 aliphatic heterocycles. The molecule has 102 valence electrons. The van der Waals surface area contributed by atoms with E-state index in [4.69, 9.17) is 6.42 Å². The number of hydrogen-bond donors (Lipinski definition) is 1. The topological polar surface area (TPSA) is 45.2 Å². The molecule has 0 saturated heterocycles. The normalized spacial score (nSPS) is 10.7. The Labute approximate surface area is 115 Å². The molecule has 0 aliphatic carbocycles. The molecule has 19 heavy (non-hydrogen) atoms. The lowest BCUT2D eigenvalue weighted by molar-refractivity contribution is 0.0767. The molecule has 1 N–H and O–H groups in total. The molecule has 1 aromatic heterocycles. The third kappa shape index (κ3) is 3.99. The van der Waals surface area contributed by atoms with E-state index in [0.29, 0.717) is 18.8 Å². The highest BCUT2D eigenvalue weighted by Gasteiger charge is 2.17. The Hall–Kier alpha value is -2.02. The van der Waals surface area contributed by atoms with Gasteiger partial charge >= 0.3 is 0 Å². The van der Waals surface area contributed by atoms with Crippen LogP contribution in [0.25, 0.3) is 0 Å². The van der Waals surface area contributed by atoms with E-state index in [2.05, 4.69) is 16.2 Å². The summed E-state index contributed by atoms with van der Waals surface area (Å²) in [5.41, 5.74) is 0.770. The maximum absolute atomic E-state index is 12.2. The van der Waals surface area contributed by atoms with Gasteiger partial charge in [-0.05, 0) is 39.8 Å². The van der Waals surface area contributed by atoms with Crippen molar-refractivity contribution < 1.29 is 4.79 Å². The molecule has 0 unspecified atom stereocenters. The molecule has 0 atom stereocenters. The average molecular weight is 259 g/mol. The fourth-order valence-electron chi connectivity index (χ4n) is 1.69. The summed E-state index contributed by atoms with van der Waals surface area (Å²) in [6.45, 7) is 9.05. The molecule has 4 nitrogen and oxygen atoms in total. The summed E-state index contributed by atoms with van der Waals surface area (Å²) < 4.78 is 0. The SMILES string of the molecule is C#CC(C)(C)Nc1ccnc(C(=O)N(CC)CC)c1. The van der Waals surface area contributed by atoms with Gasteiger partial charge in [0, 0.05) is 25.0 Å². The molecule has 0 radical (unpaired) electrons.